The first-order valence-electron chi connectivity index (χ1n) is 15.9. The summed E-state index contributed by atoms with van der Waals surface area (Å²) in [5, 5.41) is 20.7. The molecule has 0 saturated heterocycles. The van der Waals surface area contributed by atoms with Gasteiger partial charge in [-0.2, -0.15) is 0 Å². The van der Waals surface area contributed by atoms with E-state index in [0.29, 0.717) is 0 Å². The minimum atomic E-state index is -1.10. The number of unbranched alkanes of at least 4 members (excludes halogenated alkanes) is 15. The van der Waals surface area contributed by atoms with Gasteiger partial charge < -0.3 is 19.8 Å². The molecule has 0 heterocycles. The van der Waals surface area contributed by atoms with Gasteiger partial charge in [-0.05, 0) is 42.9 Å². The molecule has 230 valence electrons. The van der Waals surface area contributed by atoms with Crippen LogP contribution in [0.15, 0.2) is 24.3 Å². The van der Waals surface area contributed by atoms with Crippen LogP contribution in [0.2, 0.25) is 0 Å². The Hall–Kier alpha value is -1.04. The predicted octanol–water partition coefficient (Wildman–Crippen LogP) is 8.47. The van der Waals surface area contributed by atoms with Crippen molar-refractivity contribution in [3.05, 3.63) is 49.2 Å². The summed E-state index contributed by atoms with van der Waals surface area (Å²) in [4.78, 5) is 20.7. The third-order valence-electron chi connectivity index (χ3n) is 6.17. The molecule has 4 radical (unpaired) electrons. The van der Waals surface area contributed by atoms with Gasteiger partial charge in [-0.1, -0.05) is 169 Å². The largest absolute Gasteiger partial charge is 2.00 e. The fraction of sp³-hybridized carbons (Fsp3) is 0.714. The topological polar surface area (TPSA) is 80.3 Å². The van der Waals surface area contributed by atoms with E-state index >= 15 is 0 Å². The van der Waals surface area contributed by atoms with Crippen LogP contribution >= 0.6 is 0 Å². The summed E-state index contributed by atoms with van der Waals surface area (Å²) in [6.45, 7) is 15.8. The Bertz CT molecular complexity index is 626. The number of carboxylic acids is 2. The van der Waals surface area contributed by atoms with E-state index in [1.165, 1.54) is 83.5 Å². The second kappa shape index (κ2) is 40.1. The van der Waals surface area contributed by atoms with Gasteiger partial charge in [0.1, 0.15) is 0 Å². The molecule has 0 unspecified atom stereocenters. The normalized spacial score (nSPS) is 9.55. The van der Waals surface area contributed by atoms with Gasteiger partial charge in [-0.3, -0.25) is 0 Å². The number of benzene rings is 1. The summed E-state index contributed by atoms with van der Waals surface area (Å²) in [5.41, 5.74) is 1.34. The van der Waals surface area contributed by atoms with E-state index in [0.717, 1.165) is 50.5 Å². The zero-order valence-electron chi connectivity index (χ0n) is 26.7. The maximum absolute atomic E-state index is 10.5. The average Bonchev–Trinajstić information content (AvgIpc) is 2.95. The first kappa shape index (κ1) is 45.9. The van der Waals surface area contributed by atoms with Gasteiger partial charge in [-0.15, -0.1) is 0 Å². The van der Waals surface area contributed by atoms with Crippen LogP contribution in [0, 0.1) is 13.8 Å². The standard InChI is InChI=1S/C16H32O2.C11H14O2.2C4H9.Sn/c1-2-3-4-5-6-7-8-9-10-11-12-13-14-15-16(17)18;1-2-3-5-9-6-4-7-10(8-9)11(12)13;2*1-3-4-2;/h2-15H2,1H3,(H,17,18);4,6-8H,2-3,5H2,1H3,(H,12,13);2*1,3-4H2,2H3;/q;;;;+2/p-2. The molecule has 0 bridgehead atoms. The van der Waals surface area contributed by atoms with Gasteiger partial charge in [0.05, 0.1) is 5.97 Å². The van der Waals surface area contributed by atoms with E-state index < -0.39 is 11.9 Å². The van der Waals surface area contributed by atoms with E-state index in [9.17, 15) is 19.8 Å². The molecule has 0 fully saturated rings. The minimum Gasteiger partial charge on any atom is -0.550 e. The number of rotatable bonds is 20. The van der Waals surface area contributed by atoms with Crippen molar-refractivity contribution in [3.63, 3.8) is 0 Å². The molecular formula is C35H62O4Sn. The molecule has 0 atom stereocenters. The monoisotopic (exact) mass is 666 g/mol. The van der Waals surface area contributed by atoms with Crippen molar-refractivity contribution in [2.45, 2.75) is 163 Å². The summed E-state index contributed by atoms with van der Waals surface area (Å²) in [5.74, 6) is -2.00. The van der Waals surface area contributed by atoms with Crippen molar-refractivity contribution in [2.24, 2.45) is 0 Å². The molecule has 0 N–H and O–H groups in total. The van der Waals surface area contributed by atoms with Crippen LogP contribution in [0.3, 0.4) is 0 Å². The molecule has 0 aliphatic rings. The molecule has 0 amide bonds. The SMILES string of the molecule is CCCCCCCCCCCCCCCC(=O)[O-].CCCCc1cccc(C(=O)[O-])c1.[CH2]CCC.[CH2]CCC.[Sn+2]. The Morgan fingerprint density at radius 1 is 0.625 bits per heavy atom. The number of carboxylic acid groups (broad SMARTS) is 2. The molecule has 5 heteroatoms. The fourth-order valence-corrected chi connectivity index (χ4v) is 3.52. The number of carbonyl (C=O) groups excluding carboxylic acids is 2. The van der Waals surface area contributed by atoms with Crippen molar-refractivity contribution >= 4 is 35.8 Å². The van der Waals surface area contributed by atoms with Crippen LogP contribution in [0.1, 0.15) is 172 Å². The third-order valence-corrected chi connectivity index (χ3v) is 6.17. The minimum absolute atomic E-state index is 0. The summed E-state index contributed by atoms with van der Waals surface area (Å²) < 4.78 is 0. The van der Waals surface area contributed by atoms with Gasteiger partial charge in [0.25, 0.3) is 0 Å². The molecule has 0 aromatic heterocycles. The molecule has 0 aliphatic carbocycles. The van der Waals surface area contributed by atoms with Crippen LogP contribution in [-0.2, 0) is 11.2 Å². The second-order valence-electron chi connectivity index (χ2n) is 10.2. The Morgan fingerprint density at radius 2 is 1.02 bits per heavy atom. The number of aromatic carboxylic acids is 1. The fourth-order valence-electron chi connectivity index (χ4n) is 3.52. The second-order valence-corrected chi connectivity index (χ2v) is 10.2. The average molecular weight is 666 g/mol. The van der Waals surface area contributed by atoms with Gasteiger partial charge in [0, 0.05) is 5.97 Å². The third kappa shape index (κ3) is 41.4. The maximum atomic E-state index is 10.5. The molecule has 1 aromatic carbocycles. The van der Waals surface area contributed by atoms with Crippen LogP contribution in [0.25, 0.3) is 0 Å². The van der Waals surface area contributed by atoms with Crippen LogP contribution in [0.4, 0.5) is 0 Å². The molecular weight excluding hydrogens is 603 g/mol. The Morgan fingerprint density at radius 3 is 1.38 bits per heavy atom. The summed E-state index contributed by atoms with van der Waals surface area (Å²) in [7, 11) is 0. The molecule has 1 rings (SSSR count). The number of carbonyl (C=O) groups is 2. The van der Waals surface area contributed by atoms with E-state index in [2.05, 4.69) is 41.5 Å². The smallest absolute Gasteiger partial charge is 0.550 e. The quantitative estimate of drug-likeness (QED) is 0.103. The summed E-state index contributed by atoms with van der Waals surface area (Å²) >= 11 is 0. The van der Waals surface area contributed by atoms with Crippen molar-refractivity contribution in [2.75, 3.05) is 0 Å². The van der Waals surface area contributed by atoms with Gasteiger partial charge in [0.15, 0.2) is 0 Å². The van der Waals surface area contributed by atoms with Crippen molar-refractivity contribution in [1.82, 2.24) is 0 Å². The van der Waals surface area contributed by atoms with Crippen LogP contribution in [0.5, 0.6) is 0 Å². The number of aryl methyl sites for hydroxylation is 1. The van der Waals surface area contributed by atoms with Gasteiger partial charge >= 0.3 is 23.9 Å². The molecule has 40 heavy (non-hydrogen) atoms. The predicted molar refractivity (Wildman–Crippen MR) is 171 cm³/mol. The Kier molecular flexibility index (Phi) is 46.0. The van der Waals surface area contributed by atoms with E-state index in [1.54, 1.807) is 18.2 Å². The first-order valence-corrected chi connectivity index (χ1v) is 15.9. The van der Waals surface area contributed by atoms with Crippen molar-refractivity contribution in [3.8, 4) is 0 Å². The van der Waals surface area contributed by atoms with Gasteiger partial charge in [0.2, 0.25) is 0 Å². The molecule has 0 saturated carbocycles. The van der Waals surface area contributed by atoms with Crippen molar-refractivity contribution in [1.29, 1.82) is 0 Å². The summed E-state index contributed by atoms with van der Waals surface area (Å²) in [6, 6.07) is 6.95. The van der Waals surface area contributed by atoms with E-state index in [-0.39, 0.29) is 35.9 Å². The summed E-state index contributed by atoms with van der Waals surface area (Å²) in [6.07, 6.45) is 24.6. The molecule has 4 nitrogen and oxygen atoms in total. The number of aliphatic carboxylic acids is 1. The Balaban J connectivity index is -0.000000256. The van der Waals surface area contributed by atoms with E-state index in [4.69, 9.17) is 0 Å². The number of hydrogen-bond donors (Lipinski definition) is 0. The molecule has 0 aliphatic heterocycles. The van der Waals surface area contributed by atoms with E-state index in [1.807, 2.05) is 6.07 Å². The molecule has 1 aromatic rings. The number of hydrogen-bond acceptors (Lipinski definition) is 4. The van der Waals surface area contributed by atoms with Crippen molar-refractivity contribution < 1.29 is 19.8 Å². The van der Waals surface area contributed by atoms with Gasteiger partial charge in [-0.25, -0.2) is 0 Å². The van der Waals surface area contributed by atoms with Crippen LogP contribution in [-0.4, -0.2) is 35.8 Å². The van der Waals surface area contributed by atoms with Crippen LogP contribution < -0.4 is 10.2 Å². The molecule has 0 spiro atoms. The zero-order valence-corrected chi connectivity index (χ0v) is 29.6. The zero-order chi connectivity index (χ0) is 30.0. The maximum Gasteiger partial charge on any atom is 2.00 e. The first-order chi connectivity index (χ1) is 18.8. The Labute approximate surface area is 266 Å².